The Morgan fingerprint density at radius 1 is 0.721 bits per heavy atom. The SMILES string of the molecule is CC(C)(C)c1ccc(-c2cccc3[cH-]ccc23)cc1.CCc1ccc(-c2cccc3[cH-]c(C)cc23)cc1.C[Si]C.[Cl][Zr+2][Cl]. The second-order valence-electron chi connectivity index (χ2n) is 11.6. The zero-order valence-electron chi connectivity index (χ0n) is 26.4. The van der Waals surface area contributed by atoms with Gasteiger partial charge in [-0.3, -0.25) is 0 Å². The van der Waals surface area contributed by atoms with E-state index in [1.165, 1.54) is 60.5 Å². The van der Waals surface area contributed by atoms with E-state index in [9.17, 15) is 0 Å². The van der Waals surface area contributed by atoms with E-state index in [1.807, 2.05) is 0 Å². The minimum atomic E-state index is -0.826. The molecule has 0 nitrogen and oxygen atoms in total. The van der Waals surface area contributed by atoms with E-state index in [0.717, 1.165) is 15.9 Å². The van der Waals surface area contributed by atoms with Gasteiger partial charge in [0, 0.05) is 9.52 Å². The summed E-state index contributed by atoms with van der Waals surface area (Å²) in [5, 5.41) is 5.35. The van der Waals surface area contributed by atoms with Crippen LogP contribution in [0.25, 0.3) is 43.8 Å². The van der Waals surface area contributed by atoms with Crippen LogP contribution in [0.3, 0.4) is 0 Å². The number of hydrogen-bond acceptors (Lipinski definition) is 0. The van der Waals surface area contributed by atoms with Crippen molar-refractivity contribution < 1.29 is 20.8 Å². The standard InChI is InChI=1S/C19H19.C18H17.C2H6Si.2ClH.Zr/c1-19(2,3)16-12-10-15(11-13-16)18-9-5-7-14-6-4-8-17(14)18;1-3-14-7-9-15(10-8-14)17-6-4-5-16-11-13(2)12-18(16)17;1-3-2;;;/h4-13H,1-3H3;4-12H,3H2,1-2H3;1-2H3;2*1H;/q2*-1;;;;+4/p-2. The van der Waals surface area contributed by atoms with Crippen molar-refractivity contribution in [1.82, 2.24) is 0 Å². The summed E-state index contributed by atoms with van der Waals surface area (Å²) in [4.78, 5) is 0. The average Bonchev–Trinajstić information content (AvgIpc) is 3.64. The topological polar surface area (TPSA) is 0 Å². The molecule has 0 amide bonds. The molecule has 0 heterocycles. The predicted molar refractivity (Wildman–Crippen MR) is 192 cm³/mol. The Labute approximate surface area is 280 Å². The average molecular weight is 701 g/mol. The van der Waals surface area contributed by atoms with Crippen molar-refractivity contribution in [3.05, 3.63) is 132 Å². The minimum absolute atomic E-state index is 0.213. The number of aryl methyl sites for hydroxylation is 2. The normalized spacial score (nSPS) is 10.5. The van der Waals surface area contributed by atoms with E-state index in [2.05, 4.69) is 163 Å². The number of rotatable bonds is 3. The first kappa shape index (κ1) is 35.3. The Morgan fingerprint density at radius 2 is 1.23 bits per heavy atom. The molecule has 0 saturated heterocycles. The fraction of sp³-hybridized carbons (Fsp3) is 0.231. The van der Waals surface area contributed by atoms with Gasteiger partial charge in [-0.05, 0) is 34.1 Å². The van der Waals surface area contributed by atoms with Crippen molar-refractivity contribution in [2.45, 2.75) is 59.5 Å². The molecule has 6 rings (SSSR count). The number of benzene rings is 4. The molecule has 220 valence electrons. The van der Waals surface area contributed by atoms with Crippen molar-refractivity contribution in [2.24, 2.45) is 0 Å². The molecule has 0 atom stereocenters. The van der Waals surface area contributed by atoms with Gasteiger partial charge in [-0.1, -0.05) is 120 Å². The number of hydrogen-bond donors (Lipinski definition) is 0. The Morgan fingerprint density at radius 3 is 1.77 bits per heavy atom. The Kier molecular flexibility index (Phi) is 14.2. The molecule has 0 fully saturated rings. The molecule has 0 N–H and O–H groups in total. The monoisotopic (exact) mass is 698 g/mol. The molecule has 0 aliphatic heterocycles. The second kappa shape index (κ2) is 17.3. The van der Waals surface area contributed by atoms with Gasteiger partial charge in [0.25, 0.3) is 0 Å². The number of fused-ring (bicyclic) bond motifs is 2. The van der Waals surface area contributed by atoms with Crippen LogP contribution in [0.5, 0.6) is 0 Å². The van der Waals surface area contributed by atoms with E-state index in [-0.39, 0.29) is 5.41 Å². The quantitative estimate of drug-likeness (QED) is 0.127. The molecule has 2 radical (unpaired) electrons. The zero-order chi connectivity index (χ0) is 31.4. The Bertz CT molecular complexity index is 1670. The summed E-state index contributed by atoms with van der Waals surface area (Å²) in [7, 11) is 11.0. The van der Waals surface area contributed by atoms with E-state index in [4.69, 9.17) is 17.0 Å². The maximum atomic E-state index is 4.93. The van der Waals surface area contributed by atoms with Crippen LogP contribution in [-0.4, -0.2) is 9.52 Å². The Hall–Kier alpha value is -2.22. The molecule has 4 heteroatoms. The number of halogens is 2. The fourth-order valence-electron chi connectivity index (χ4n) is 5.12. The van der Waals surface area contributed by atoms with Gasteiger partial charge >= 0.3 is 37.9 Å². The first-order chi connectivity index (χ1) is 20.7. The molecule has 0 aliphatic rings. The van der Waals surface area contributed by atoms with E-state index >= 15 is 0 Å². The van der Waals surface area contributed by atoms with Crippen LogP contribution in [0, 0.1) is 6.92 Å². The van der Waals surface area contributed by atoms with Crippen LogP contribution < -0.4 is 0 Å². The second-order valence-corrected chi connectivity index (χ2v) is 16.4. The summed E-state index contributed by atoms with van der Waals surface area (Å²) >= 11 is -0.826. The van der Waals surface area contributed by atoms with E-state index in [0.29, 0.717) is 0 Å². The molecule has 6 aromatic rings. The van der Waals surface area contributed by atoms with Gasteiger partial charge in [0.05, 0.1) is 0 Å². The van der Waals surface area contributed by atoms with Gasteiger partial charge in [-0.15, -0.1) is 63.5 Å². The third-order valence-corrected chi connectivity index (χ3v) is 7.31. The van der Waals surface area contributed by atoms with Crippen LogP contribution in [0.15, 0.2) is 115 Å². The maximum absolute atomic E-state index is 4.93. The molecule has 6 aromatic carbocycles. The molecule has 0 aromatic heterocycles. The van der Waals surface area contributed by atoms with Crippen molar-refractivity contribution in [3.63, 3.8) is 0 Å². The van der Waals surface area contributed by atoms with Crippen LogP contribution in [0.1, 0.15) is 44.4 Å². The third-order valence-electron chi connectivity index (χ3n) is 7.31. The summed E-state index contributed by atoms with van der Waals surface area (Å²) in [6.07, 6.45) is 1.10. The molecule has 0 unspecified atom stereocenters. The van der Waals surface area contributed by atoms with Gasteiger partial charge in [-0.25, -0.2) is 0 Å². The summed E-state index contributed by atoms with van der Waals surface area (Å²) in [5.74, 6) is 0. The first-order valence-electron chi connectivity index (χ1n) is 14.7. The van der Waals surface area contributed by atoms with Crippen LogP contribution in [-0.2, 0) is 32.7 Å². The first-order valence-corrected chi connectivity index (χ1v) is 23.0. The van der Waals surface area contributed by atoms with Gasteiger partial charge in [0.15, 0.2) is 0 Å². The van der Waals surface area contributed by atoms with Crippen molar-refractivity contribution in [1.29, 1.82) is 0 Å². The summed E-state index contributed by atoms with van der Waals surface area (Å²) in [5.41, 5.74) is 9.59. The predicted octanol–water partition coefficient (Wildman–Crippen LogP) is 12.8. The molecular weight excluding hydrogens is 659 g/mol. The van der Waals surface area contributed by atoms with Gasteiger partial charge in [-0.2, -0.15) is 18.2 Å². The molecule has 0 saturated carbocycles. The summed E-state index contributed by atoms with van der Waals surface area (Å²) in [6.45, 7) is 15.4. The van der Waals surface area contributed by atoms with Gasteiger partial charge in [0.1, 0.15) is 0 Å². The van der Waals surface area contributed by atoms with Gasteiger partial charge < -0.3 is 0 Å². The Balaban J connectivity index is 0.000000200. The van der Waals surface area contributed by atoms with Crippen LogP contribution >= 0.6 is 17.0 Å². The molecular formula is C39H42Cl2SiZr. The third kappa shape index (κ3) is 9.89. The van der Waals surface area contributed by atoms with E-state index in [1.54, 1.807) is 0 Å². The van der Waals surface area contributed by atoms with Crippen molar-refractivity contribution in [2.75, 3.05) is 0 Å². The zero-order valence-corrected chi connectivity index (χ0v) is 31.4. The van der Waals surface area contributed by atoms with Crippen molar-refractivity contribution in [3.8, 4) is 22.3 Å². The molecule has 0 aliphatic carbocycles. The van der Waals surface area contributed by atoms with Crippen molar-refractivity contribution >= 4 is 48.1 Å². The summed E-state index contributed by atoms with van der Waals surface area (Å²) < 4.78 is 0. The van der Waals surface area contributed by atoms with Gasteiger partial charge in [0.2, 0.25) is 0 Å². The summed E-state index contributed by atoms with van der Waals surface area (Å²) in [6, 6.07) is 41.9. The molecule has 43 heavy (non-hydrogen) atoms. The van der Waals surface area contributed by atoms with Crippen LogP contribution in [0.4, 0.5) is 0 Å². The molecule has 0 spiro atoms. The fourth-order valence-corrected chi connectivity index (χ4v) is 5.12. The van der Waals surface area contributed by atoms with Crippen LogP contribution in [0.2, 0.25) is 13.1 Å². The van der Waals surface area contributed by atoms with E-state index < -0.39 is 20.8 Å². The molecule has 0 bridgehead atoms.